The van der Waals surface area contributed by atoms with Crippen LogP contribution in [0.2, 0.25) is 0 Å². The fourth-order valence-electron chi connectivity index (χ4n) is 2.86. The average Bonchev–Trinajstić information content (AvgIpc) is 3.05. The molecule has 0 radical (unpaired) electrons. The van der Waals surface area contributed by atoms with Crippen LogP contribution in [0, 0.1) is 0 Å². The summed E-state index contributed by atoms with van der Waals surface area (Å²) in [7, 11) is -3.34. The zero-order valence-corrected chi connectivity index (χ0v) is 14.1. The topological polar surface area (TPSA) is 92.5 Å². The number of hydrogen-bond donors (Lipinski definition) is 1. The predicted molar refractivity (Wildman–Crippen MR) is 89.0 cm³/mol. The van der Waals surface area contributed by atoms with Crippen molar-refractivity contribution in [1.82, 2.24) is 9.46 Å². The molecule has 1 aromatic heterocycles. The summed E-state index contributed by atoms with van der Waals surface area (Å²) < 4.78 is 30.6. The molecule has 2 heterocycles. The van der Waals surface area contributed by atoms with Gasteiger partial charge in [0.15, 0.2) is 11.5 Å². The summed E-state index contributed by atoms with van der Waals surface area (Å²) in [4.78, 5) is 12.2. The summed E-state index contributed by atoms with van der Waals surface area (Å²) in [6.07, 6.45) is 3.56. The Labute approximate surface area is 140 Å². The van der Waals surface area contributed by atoms with Gasteiger partial charge in [0, 0.05) is 18.3 Å². The minimum absolute atomic E-state index is 0.132. The quantitative estimate of drug-likeness (QED) is 0.915. The Balaban J connectivity index is 1.78. The lowest BCUT2D eigenvalue weighted by molar-refractivity contribution is 0.101. The van der Waals surface area contributed by atoms with Crippen LogP contribution in [0.1, 0.15) is 41.6 Å². The van der Waals surface area contributed by atoms with Crippen molar-refractivity contribution in [1.29, 1.82) is 0 Å². The zero-order valence-electron chi connectivity index (χ0n) is 13.3. The van der Waals surface area contributed by atoms with Crippen molar-refractivity contribution < 1.29 is 17.7 Å². The number of hydrogen-bond acceptors (Lipinski definition) is 5. The van der Waals surface area contributed by atoms with Crippen molar-refractivity contribution in [2.24, 2.45) is 0 Å². The Morgan fingerprint density at radius 2 is 2.04 bits per heavy atom. The molecule has 1 amide bonds. The molecule has 1 atom stereocenters. The van der Waals surface area contributed by atoms with Crippen LogP contribution in [0.4, 0.5) is 5.69 Å². The van der Waals surface area contributed by atoms with Crippen molar-refractivity contribution in [3.8, 4) is 0 Å². The second kappa shape index (κ2) is 6.74. The molecule has 8 heteroatoms. The normalized spacial score (nSPS) is 19.1. The highest BCUT2D eigenvalue weighted by molar-refractivity contribution is 7.88. The lowest BCUT2D eigenvalue weighted by atomic mass is 10.0. The van der Waals surface area contributed by atoms with Crippen LogP contribution in [0.3, 0.4) is 0 Å². The van der Waals surface area contributed by atoms with Gasteiger partial charge in [-0.05, 0) is 25.0 Å². The third-order valence-corrected chi connectivity index (χ3v) is 5.29. The van der Waals surface area contributed by atoms with Gasteiger partial charge in [0.25, 0.3) is 5.91 Å². The Kier molecular flexibility index (Phi) is 4.68. The van der Waals surface area contributed by atoms with Gasteiger partial charge in [-0.15, -0.1) is 0 Å². The van der Waals surface area contributed by atoms with Crippen molar-refractivity contribution in [3.63, 3.8) is 0 Å². The molecule has 1 aliphatic rings. The number of anilines is 1. The molecule has 3 rings (SSSR count). The highest BCUT2D eigenvalue weighted by atomic mass is 32.2. The molecule has 0 bridgehead atoms. The highest BCUT2D eigenvalue weighted by Gasteiger charge is 2.33. The van der Waals surface area contributed by atoms with Crippen LogP contribution in [0.15, 0.2) is 40.9 Å². The molecule has 1 unspecified atom stereocenters. The number of piperidine rings is 1. The van der Waals surface area contributed by atoms with Crippen molar-refractivity contribution in [2.45, 2.75) is 25.3 Å². The predicted octanol–water partition coefficient (Wildman–Crippen LogP) is 2.41. The van der Waals surface area contributed by atoms with Crippen molar-refractivity contribution >= 4 is 21.6 Å². The Hall–Kier alpha value is -2.19. The molecule has 1 aromatic carbocycles. The summed E-state index contributed by atoms with van der Waals surface area (Å²) in [5.41, 5.74) is 0.787. The number of carbonyl (C=O) groups excluding carboxylic acids is 1. The molecule has 128 valence electrons. The van der Waals surface area contributed by atoms with E-state index in [1.54, 1.807) is 12.1 Å². The average molecular weight is 349 g/mol. The van der Waals surface area contributed by atoms with E-state index in [1.807, 2.05) is 18.2 Å². The standard InChI is InChI=1S/C16H19N3O4S/c1-24(21,22)19-10-6-5-9-14(19)15-11-13(18-23-15)16(20)17-12-7-3-2-4-8-12/h2-4,7-8,11,14H,5-6,9-10H2,1H3,(H,17,20). The number of nitrogens with one attached hydrogen (secondary N) is 1. The summed E-state index contributed by atoms with van der Waals surface area (Å²) in [5.74, 6) is 0.0104. The van der Waals surface area contributed by atoms with E-state index in [2.05, 4.69) is 10.5 Å². The van der Waals surface area contributed by atoms with Gasteiger partial charge in [-0.25, -0.2) is 8.42 Å². The zero-order chi connectivity index (χ0) is 17.2. The first-order valence-corrected chi connectivity index (χ1v) is 9.60. The molecule has 1 N–H and O–H groups in total. The van der Waals surface area contributed by atoms with Crippen molar-refractivity contribution in [3.05, 3.63) is 47.9 Å². The minimum Gasteiger partial charge on any atom is -0.359 e. The van der Waals surface area contributed by atoms with Gasteiger partial charge in [-0.3, -0.25) is 4.79 Å². The van der Waals surface area contributed by atoms with Gasteiger partial charge < -0.3 is 9.84 Å². The maximum atomic E-state index is 12.2. The maximum absolute atomic E-state index is 12.2. The third-order valence-electron chi connectivity index (χ3n) is 4.00. The van der Waals surface area contributed by atoms with Crippen LogP contribution in [0.25, 0.3) is 0 Å². The number of aromatic nitrogens is 1. The van der Waals surface area contributed by atoms with Crippen LogP contribution >= 0.6 is 0 Å². The Morgan fingerprint density at radius 1 is 1.29 bits per heavy atom. The van der Waals surface area contributed by atoms with E-state index in [4.69, 9.17) is 4.52 Å². The second-order valence-electron chi connectivity index (χ2n) is 5.82. The SMILES string of the molecule is CS(=O)(=O)N1CCCCC1c1cc(C(=O)Nc2ccccc2)no1. The Bertz CT molecular complexity index is 817. The lowest BCUT2D eigenvalue weighted by Crippen LogP contribution is -2.37. The minimum atomic E-state index is -3.34. The van der Waals surface area contributed by atoms with Crippen LogP contribution < -0.4 is 5.32 Å². The van der Waals surface area contributed by atoms with E-state index in [9.17, 15) is 13.2 Å². The number of benzene rings is 1. The highest BCUT2D eigenvalue weighted by Crippen LogP contribution is 2.33. The first kappa shape index (κ1) is 16.7. The molecule has 0 spiro atoms. The van der Waals surface area contributed by atoms with E-state index < -0.39 is 22.0 Å². The van der Waals surface area contributed by atoms with Crippen LogP contribution in [-0.4, -0.2) is 36.6 Å². The second-order valence-corrected chi connectivity index (χ2v) is 7.76. The largest absolute Gasteiger partial charge is 0.359 e. The fraction of sp³-hybridized carbons (Fsp3) is 0.375. The number of carbonyl (C=O) groups is 1. The number of amides is 1. The summed E-state index contributed by atoms with van der Waals surface area (Å²) in [6, 6.07) is 10.1. The van der Waals surface area contributed by atoms with Gasteiger partial charge >= 0.3 is 0 Å². The monoisotopic (exact) mass is 349 g/mol. The smallest absolute Gasteiger partial charge is 0.277 e. The molecule has 24 heavy (non-hydrogen) atoms. The molecule has 1 fully saturated rings. The molecular weight excluding hydrogens is 330 g/mol. The molecule has 0 aliphatic carbocycles. The van der Waals surface area contributed by atoms with Gasteiger partial charge in [-0.2, -0.15) is 4.31 Å². The van der Waals surface area contributed by atoms with E-state index in [0.29, 0.717) is 24.4 Å². The molecule has 2 aromatic rings. The summed E-state index contributed by atoms with van der Waals surface area (Å²) in [6.45, 7) is 0.454. The molecule has 7 nitrogen and oxygen atoms in total. The first-order valence-electron chi connectivity index (χ1n) is 7.75. The van der Waals surface area contributed by atoms with E-state index in [1.165, 1.54) is 16.6 Å². The van der Waals surface area contributed by atoms with Crippen LogP contribution in [-0.2, 0) is 10.0 Å². The number of para-hydroxylation sites is 1. The summed E-state index contributed by atoms with van der Waals surface area (Å²) >= 11 is 0. The molecule has 1 saturated heterocycles. The van der Waals surface area contributed by atoms with E-state index in [-0.39, 0.29) is 5.69 Å². The van der Waals surface area contributed by atoms with E-state index in [0.717, 1.165) is 12.8 Å². The summed E-state index contributed by atoms with van der Waals surface area (Å²) in [5, 5.41) is 6.52. The number of rotatable bonds is 4. The molecule has 0 saturated carbocycles. The number of nitrogens with zero attached hydrogens (tertiary/aromatic N) is 2. The third kappa shape index (κ3) is 3.65. The lowest BCUT2D eigenvalue weighted by Gasteiger charge is -2.31. The van der Waals surface area contributed by atoms with Gasteiger partial charge in [0.2, 0.25) is 10.0 Å². The fourth-order valence-corrected chi connectivity index (χ4v) is 3.99. The molecular formula is C16H19N3O4S. The first-order chi connectivity index (χ1) is 11.4. The van der Waals surface area contributed by atoms with Gasteiger partial charge in [0.1, 0.15) is 0 Å². The Morgan fingerprint density at radius 3 is 2.75 bits per heavy atom. The van der Waals surface area contributed by atoms with Gasteiger partial charge in [0.05, 0.1) is 12.3 Å². The van der Waals surface area contributed by atoms with Crippen molar-refractivity contribution in [2.75, 3.05) is 18.1 Å². The van der Waals surface area contributed by atoms with Crippen LogP contribution in [0.5, 0.6) is 0 Å². The maximum Gasteiger partial charge on any atom is 0.277 e. The van der Waals surface area contributed by atoms with Gasteiger partial charge in [-0.1, -0.05) is 29.8 Å². The molecule has 1 aliphatic heterocycles. The van der Waals surface area contributed by atoms with E-state index >= 15 is 0 Å². The number of sulfonamides is 1.